The number of carbonyl (C=O) groups excluding carboxylic acids is 1. The van der Waals surface area contributed by atoms with E-state index in [2.05, 4.69) is 32.2 Å². The predicted octanol–water partition coefficient (Wildman–Crippen LogP) is 1.91. The van der Waals surface area contributed by atoms with E-state index in [9.17, 15) is 4.79 Å². The highest BCUT2D eigenvalue weighted by atomic mass is 16.2. The molecular weight excluding hydrogens is 406 g/mol. The van der Waals surface area contributed by atoms with Crippen LogP contribution in [0.4, 0.5) is 17.6 Å². The Kier molecular flexibility index (Phi) is 4.94. The number of carbonyl (C=O) groups is 1. The Morgan fingerprint density at radius 3 is 2.97 bits per heavy atom. The molecule has 10 heteroatoms. The van der Waals surface area contributed by atoms with Crippen molar-refractivity contribution in [1.82, 2.24) is 35.4 Å². The number of aromatic amines is 1. The zero-order valence-corrected chi connectivity index (χ0v) is 18.0. The first-order chi connectivity index (χ1) is 15.7. The summed E-state index contributed by atoms with van der Waals surface area (Å²) in [6.45, 7) is 2.63. The van der Waals surface area contributed by atoms with Crippen LogP contribution in [0.25, 0.3) is 5.52 Å². The van der Waals surface area contributed by atoms with Gasteiger partial charge in [0.1, 0.15) is 11.6 Å². The SMILES string of the molecule is O=C(NC1CCCNC1)C1CCCN1c1nc(Nc2cc(C3CC3)[nH]n2)c2cccn2n1. The molecule has 2 saturated heterocycles. The van der Waals surface area contributed by atoms with Gasteiger partial charge in [0, 0.05) is 43.0 Å². The maximum absolute atomic E-state index is 13.1. The summed E-state index contributed by atoms with van der Waals surface area (Å²) >= 11 is 0. The number of amides is 1. The second-order valence-electron chi connectivity index (χ2n) is 9.11. The molecule has 0 radical (unpaired) electrons. The third-order valence-electron chi connectivity index (χ3n) is 6.70. The summed E-state index contributed by atoms with van der Waals surface area (Å²) in [5.41, 5.74) is 2.04. The van der Waals surface area contributed by atoms with E-state index in [-0.39, 0.29) is 18.0 Å². The van der Waals surface area contributed by atoms with Crippen molar-refractivity contribution in [1.29, 1.82) is 0 Å². The van der Waals surface area contributed by atoms with Gasteiger partial charge < -0.3 is 20.9 Å². The van der Waals surface area contributed by atoms with Crippen LogP contribution in [0, 0.1) is 0 Å². The Morgan fingerprint density at radius 2 is 2.12 bits per heavy atom. The van der Waals surface area contributed by atoms with E-state index < -0.39 is 0 Å². The van der Waals surface area contributed by atoms with Gasteiger partial charge in [-0.15, -0.1) is 5.10 Å². The molecule has 0 aromatic carbocycles. The maximum Gasteiger partial charge on any atom is 0.246 e. The van der Waals surface area contributed by atoms with Crippen LogP contribution in [0.1, 0.15) is 50.1 Å². The van der Waals surface area contributed by atoms with Gasteiger partial charge >= 0.3 is 0 Å². The van der Waals surface area contributed by atoms with Crippen molar-refractivity contribution in [3.8, 4) is 0 Å². The Bertz CT molecular complexity index is 1110. The van der Waals surface area contributed by atoms with Crippen LogP contribution in [0.5, 0.6) is 0 Å². The van der Waals surface area contributed by atoms with Crippen molar-refractivity contribution >= 4 is 29.0 Å². The number of nitrogens with zero attached hydrogens (tertiary/aromatic N) is 5. The molecule has 2 unspecified atom stereocenters. The number of aromatic nitrogens is 5. The molecule has 2 aliphatic heterocycles. The lowest BCUT2D eigenvalue weighted by Crippen LogP contribution is -2.51. The van der Waals surface area contributed by atoms with E-state index in [1.807, 2.05) is 27.7 Å². The smallest absolute Gasteiger partial charge is 0.246 e. The van der Waals surface area contributed by atoms with Crippen molar-refractivity contribution in [2.75, 3.05) is 29.9 Å². The van der Waals surface area contributed by atoms with E-state index in [1.54, 1.807) is 0 Å². The lowest BCUT2D eigenvalue weighted by Gasteiger charge is -2.28. The number of H-pyrrole nitrogens is 1. The van der Waals surface area contributed by atoms with E-state index >= 15 is 0 Å². The third-order valence-corrected chi connectivity index (χ3v) is 6.70. The molecule has 3 fully saturated rings. The van der Waals surface area contributed by atoms with E-state index in [0.717, 1.165) is 56.7 Å². The van der Waals surface area contributed by atoms with Gasteiger partial charge in [-0.2, -0.15) is 10.1 Å². The molecule has 3 aliphatic rings. The quantitative estimate of drug-likeness (QED) is 0.467. The number of piperidine rings is 1. The summed E-state index contributed by atoms with van der Waals surface area (Å²) in [5.74, 6) is 2.68. The maximum atomic E-state index is 13.1. The van der Waals surface area contributed by atoms with Crippen LogP contribution in [0.15, 0.2) is 24.4 Å². The molecule has 10 nitrogen and oxygen atoms in total. The normalized spacial score (nSPS) is 23.6. The summed E-state index contributed by atoms with van der Waals surface area (Å²) < 4.78 is 1.82. The minimum atomic E-state index is -0.246. The number of nitrogens with one attached hydrogen (secondary N) is 4. The zero-order chi connectivity index (χ0) is 21.5. The second-order valence-corrected chi connectivity index (χ2v) is 9.11. The van der Waals surface area contributed by atoms with Crippen LogP contribution in [-0.2, 0) is 4.79 Å². The molecule has 4 N–H and O–H groups in total. The van der Waals surface area contributed by atoms with Gasteiger partial charge in [0.2, 0.25) is 11.9 Å². The lowest BCUT2D eigenvalue weighted by atomic mass is 10.1. The Hall–Kier alpha value is -3.14. The Labute approximate surface area is 186 Å². The molecule has 168 valence electrons. The molecular formula is C22H29N9O. The topological polar surface area (TPSA) is 115 Å². The highest BCUT2D eigenvalue weighted by Gasteiger charge is 2.34. The van der Waals surface area contributed by atoms with E-state index in [0.29, 0.717) is 17.7 Å². The number of anilines is 3. The number of hydrogen-bond acceptors (Lipinski definition) is 7. The van der Waals surface area contributed by atoms with Crippen LogP contribution in [0.2, 0.25) is 0 Å². The predicted molar refractivity (Wildman–Crippen MR) is 121 cm³/mol. The first-order valence-electron chi connectivity index (χ1n) is 11.7. The number of fused-ring (bicyclic) bond motifs is 1. The van der Waals surface area contributed by atoms with Gasteiger partial charge in [-0.3, -0.25) is 9.89 Å². The largest absolute Gasteiger partial charge is 0.350 e. The van der Waals surface area contributed by atoms with E-state index in [1.165, 1.54) is 18.5 Å². The third kappa shape index (κ3) is 3.79. The lowest BCUT2D eigenvalue weighted by molar-refractivity contribution is -0.123. The fourth-order valence-electron chi connectivity index (χ4n) is 4.81. The summed E-state index contributed by atoms with van der Waals surface area (Å²) in [4.78, 5) is 20.0. The monoisotopic (exact) mass is 435 g/mol. The summed E-state index contributed by atoms with van der Waals surface area (Å²) in [6, 6.07) is 5.94. The highest BCUT2D eigenvalue weighted by molar-refractivity contribution is 5.86. The average Bonchev–Trinajstić information content (AvgIpc) is 3.20. The molecule has 5 heterocycles. The van der Waals surface area contributed by atoms with Crippen molar-refractivity contribution in [3.05, 3.63) is 30.1 Å². The fourth-order valence-corrected chi connectivity index (χ4v) is 4.81. The molecule has 0 bridgehead atoms. The Morgan fingerprint density at radius 1 is 1.19 bits per heavy atom. The standard InChI is InChI=1S/C22H29N9O/c32-21(24-15-4-1-9-23-13-15)18-6-2-10-30(18)22-26-20(17-5-3-11-31(17)29-22)25-19-12-16(27-28-19)14-7-8-14/h3,5,11-12,14-15,18,23H,1-2,4,6-10,13H2,(H,24,32)(H2,25,26,27,28,29). The molecule has 3 aromatic rings. The van der Waals surface area contributed by atoms with Crippen molar-refractivity contribution in [2.24, 2.45) is 0 Å². The van der Waals surface area contributed by atoms with Crippen molar-refractivity contribution in [2.45, 2.75) is 56.5 Å². The van der Waals surface area contributed by atoms with Crippen LogP contribution in [0.3, 0.4) is 0 Å². The molecule has 0 spiro atoms. The minimum absolute atomic E-state index is 0.0725. The number of hydrogen-bond donors (Lipinski definition) is 4. The molecule has 1 amide bonds. The average molecular weight is 436 g/mol. The molecule has 32 heavy (non-hydrogen) atoms. The zero-order valence-electron chi connectivity index (χ0n) is 18.0. The van der Waals surface area contributed by atoms with Gasteiger partial charge in [0.05, 0.1) is 0 Å². The van der Waals surface area contributed by atoms with Crippen LogP contribution < -0.4 is 20.9 Å². The first kappa shape index (κ1) is 19.5. The second kappa shape index (κ2) is 8.09. The van der Waals surface area contributed by atoms with Gasteiger partial charge in [-0.1, -0.05) is 0 Å². The number of rotatable bonds is 6. The van der Waals surface area contributed by atoms with Crippen LogP contribution in [-0.4, -0.2) is 62.4 Å². The molecule has 2 atom stereocenters. The van der Waals surface area contributed by atoms with Gasteiger partial charge in [0.15, 0.2) is 11.6 Å². The summed E-state index contributed by atoms with van der Waals surface area (Å²) in [5, 5.41) is 22.2. The highest BCUT2D eigenvalue weighted by Crippen LogP contribution is 2.39. The van der Waals surface area contributed by atoms with Crippen LogP contribution >= 0.6 is 0 Å². The summed E-state index contributed by atoms with van der Waals surface area (Å²) in [7, 11) is 0. The van der Waals surface area contributed by atoms with Crippen molar-refractivity contribution in [3.63, 3.8) is 0 Å². The molecule has 6 rings (SSSR count). The fraction of sp³-hybridized carbons (Fsp3) is 0.545. The van der Waals surface area contributed by atoms with Gasteiger partial charge in [-0.25, -0.2) is 4.52 Å². The Balaban J connectivity index is 1.25. The first-order valence-corrected chi connectivity index (χ1v) is 11.7. The molecule has 1 saturated carbocycles. The molecule has 1 aliphatic carbocycles. The molecule has 3 aromatic heterocycles. The van der Waals surface area contributed by atoms with Crippen molar-refractivity contribution < 1.29 is 4.79 Å². The minimum Gasteiger partial charge on any atom is -0.350 e. The van der Waals surface area contributed by atoms with Gasteiger partial charge in [0.25, 0.3) is 0 Å². The van der Waals surface area contributed by atoms with E-state index in [4.69, 9.17) is 10.1 Å². The van der Waals surface area contributed by atoms with Gasteiger partial charge in [-0.05, 0) is 57.2 Å². The summed E-state index contributed by atoms with van der Waals surface area (Å²) in [6.07, 6.45) is 8.22.